The Bertz CT molecular complexity index is 560. The number of hydrogen-bond donors (Lipinski definition) is 0. The van der Waals surface area contributed by atoms with Crippen molar-refractivity contribution in [1.29, 1.82) is 0 Å². The first kappa shape index (κ1) is 33.6. The largest absolute Gasteiger partial charge is 3.00 e. The van der Waals surface area contributed by atoms with Gasteiger partial charge in [-0.25, -0.2) is 0 Å². The number of benzene rings is 2. The normalized spacial score (nSPS) is 26.2. The van der Waals surface area contributed by atoms with Crippen molar-refractivity contribution in [1.82, 2.24) is 0 Å². The summed E-state index contributed by atoms with van der Waals surface area (Å²) in [5.74, 6) is 4.65. The van der Waals surface area contributed by atoms with Crippen LogP contribution in [0.2, 0.25) is 0 Å². The van der Waals surface area contributed by atoms with Gasteiger partial charge in [0.25, 0.3) is 0 Å². The zero-order valence-corrected chi connectivity index (χ0v) is 21.3. The van der Waals surface area contributed by atoms with Gasteiger partial charge in [0.1, 0.15) is 0 Å². The minimum atomic E-state index is -0.302. The Balaban J connectivity index is -0.000000463. The molecule has 1 fully saturated rings. The van der Waals surface area contributed by atoms with Crippen LogP contribution < -0.4 is 0 Å². The van der Waals surface area contributed by atoms with Crippen LogP contribution in [0.4, 0.5) is 0 Å². The SMILES string of the molecule is C.CC1C(C)C(C)C(C)C1C.O.[CH2-][C@@H](c1ccccc1)[C@@H]([NH-])c1ccccc1.[CH3-].[Ir+3]. The first-order valence-corrected chi connectivity index (χ1v) is 9.98. The van der Waals surface area contributed by atoms with Crippen molar-refractivity contribution in [2.45, 2.75) is 54.0 Å². The third-order valence-corrected chi connectivity index (χ3v) is 6.94. The summed E-state index contributed by atoms with van der Waals surface area (Å²) in [7, 11) is 0. The Kier molecular flexibility index (Phi) is 17.7. The van der Waals surface area contributed by atoms with Gasteiger partial charge in [0, 0.05) is 0 Å². The number of rotatable bonds is 3. The van der Waals surface area contributed by atoms with Crippen molar-refractivity contribution in [2.75, 3.05) is 0 Å². The van der Waals surface area contributed by atoms with Gasteiger partial charge in [-0.2, -0.15) is 5.92 Å². The molecule has 2 aromatic carbocycles. The fourth-order valence-corrected chi connectivity index (χ4v) is 4.18. The monoisotopic (exact) mass is 591 g/mol. The Labute approximate surface area is 200 Å². The average molecular weight is 591 g/mol. The van der Waals surface area contributed by atoms with Crippen molar-refractivity contribution >= 4 is 0 Å². The molecule has 30 heavy (non-hydrogen) atoms. The Morgan fingerprint density at radius 2 is 0.933 bits per heavy atom. The molecule has 3 heteroatoms. The van der Waals surface area contributed by atoms with Gasteiger partial charge in [-0.05, 0) is 29.6 Å². The third kappa shape index (κ3) is 8.27. The van der Waals surface area contributed by atoms with Crippen LogP contribution in [0.3, 0.4) is 0 Å². The third-order valence-electron chi connectivity index (χ3n) is 6.94. The molecule has 0 aliphatic heterocycles. The summed E-state index contributed by atoms with van der Waals surface area (Å²) in [6.45, 7) is 16.1. The Morgan fingerprint density at radius 1 is 0.667 bits per heavy atom. The molecule has 1 saturated carbocycles. The van der Waals surface area contributed by atoms with E-state index in [1.165, 1.54) is 0 Å². The van der Waals surface area contributed by atoms with Crippen molar-refractivity contribution < 1.29 is 25.6 Å². The summed E-state index contributed by atoms with van der Waals surface area (Å²) in [5, 5.41) is 0. The van der Waals surface area contributed by atoms with Crippen molar-refractivity contribution in [2.24, 2.45) is 29.6 Å². The summed E-state index contributed by atoms with van der Waals surface area (Å²) >= 11 is 0. The van der Waals surface area contributed by atoms with Crippen molar-refractivity contribution in [3.63, 3.8) is 0 Å². The number of nitrogens with one attached hydrogen (secondary N) is 1. The zero-order valence-electron chi connectivity index (χ0n) is 18.9. The number of hydrogen-bond acceptors (Lipinski definition) is 0. The van der Waals surface area contributed by atoms with Crippen molar-refractivity contribution in [3.8, 4) is 0 Å². The maximum absolute atomic E-state index is 8.19. The van der Waals surface area contributed by atoms with Gasteiger partial charge >= 0.3 is 20.1 Å². The van der Waals surface area contributed by atoms with E-state index < -0.39 is 0 Å². The molecule has 1 aliphatic rings. The van der Waals surface area contributed by atoms with Crippen LogP contribution in [0.1, 0.15) is 65.1 Å². The van der Waals surface area contributed by atoms with E-state index in [9.17, 15) is 0 Å². The summed E-state index contributed by atoms with van der Waals surface area (Å²) in [6.07, 6.45) is 0. The summed E-state index contributed by atoms with van der Waals surface area (Å²) in [5.41, 5.74) is 10.3. The van der Waals surface area contributed by atoms with Gasteiger partial charge in [0.2, 0.25) is 0 Å². The first-order chi connectivity index (χ1) is 12.3. The van der Waals surface area contributed by atoms with E-state index in [4.69, 9.17) is 5.73 Å². The smallest absolute Gasteiger partial charge is 0.672 e. The van der Waals surface area contributed by atoms with E-state index in [1.807, 2.05) is 60.7 Å². The summed E-state index contributed by atoms with van der Waals surface area (Å²) in [4.78, 5) is 0. The molecule has 2 nitrogen and oxygen atoms in total. The molecular weight excluding hydrogens is 547 g/mol. The Morgan fingerprint density at radius 3 is 1.23 bits per heavy atom. The minimum Gasteiger partial charge on any atom is -0.672 e. The second-order valence-electron chi connectivity index (χ2n) is 8.20. The molecular formula is C27H44IrNO. The Hall–Kier alpha value is -0.991. The van der Waals surface area contributed by atoms with Crippen LogP contribution in [0.25, 0.3) is 5.73 Å². The fraction of sp³-hybridized carbons (Fsp3) is 0.481. The molecule has 3 N–H and O–H groups in total. The quantitative estimate of drug-likeness (QED) is 0.327. The molecule has 172 valence electrons. The van der Waals surface area contributed by atoms with E-state index in [0.717, 1.165) is 40.7 Å². The van der Waals surface area contributed by atoms with Gasteiger partial charge in [-0.1, -0.05) is 114 Å². The minimum absolute atomic E-state index is 0. The second kappa shape index (κ2) is 15.8. The van der Waals surface area contributed by atoms with Crippen LogP contribution in [0.5, 0.6) is 0 Å². The average Bonchev–Trinajstić information content (AvgIpc) is 2.86. The van der Waals surface area contributed by atoms with Gasteiger partial charge in [-0.15, -0.1) is 6.04 Å². The fourth-order valence-electron chi connectivity index (χ4n) is 4.18. The van der Waals surface area contributed by atoms with Crippen LogP contribution in [0, 0.1) is 43.9 Å². The zero-order chi connectivity index (χ0) is 19.3. The molecule has 0 saturated heterocycles. The van der Waals surface area contributed by atoms with Gasteiger partial charge in [0.15, 0.2) is 0 Å². The van der Waals surface area contributed by atoms with Crippen LogP contribution in [0.15, 0.2) is 60.7 Å². The van der Waals surface area contributed by atoms with E-state index >= 15 is 0 Å². The molecule has 0 unspecified atom stereocenters. The molecule has 0 bridgehead atoms. The van der Waals surface area contributed by atoms with Crippen LogP contribution in [-0.2, 0) is 20.1 Å². The first-order valence-electron chi connectivity index (χ1n) is 9.98. The second-order valence-corrected chi connectivity index (χ2v) is 8.20. The molecule has 3 rings (SSSR count). The van der Waals surface area contributed by atoms with Crippen LogP contribution in [-0.4, -0.2) is 5.48 Å². The predicted octanol–water partition coefficient (Wildman–Crippen LogP) is 7.84. The van der Waals surface area contributed by atoms with E-state index in [2.05, 4.69) is 41.5 Å². The topological polar surface area (TPSA) is 55.3 Å². The molecule has 0 amide bonds. The molecule has 0 aromatic heterocycles. The maximum Gasteiger partial charge on any atom is 3.00 e. The molecule has 0 radical (unpaired) electrons. The summed E-state index contributed by atoms with van der Waals surface area (Å²) < 4.78 is 0. The van der Waals surface area contributed by atoms with E-state index in [1.54, 1.807) is 0 Å². The molecule has 0 spiro atoms. The van der Waals surface area contributed by atoms with Crippen molar-refractivity contribution in [3.05, 3.63) is 91.9 Å². The standard InChI is InChI=1S/C15H15N.C10H20.CH4.CH3.Ir.H2O/c1-12(13-8-4-2-5-9-13)15(16)14-10-6-3-7-11-14;1-6-7(2)9(4)10(5)8(6)3;;;;/h2-12,15-16H,1H2;6-10H,1-5H3;1H4;1H3;;1H2/q-2;;;-1;+3;/t12-,15+;;;;;/m0...../s1. The van der Waals surface area contributed by atoms with Gasteiger partial charge < -0.3 is 25.6 Å². The molecule has 0 heterocycles. The van der Waals surface area contributed by atoms with E-state index in [0.29, 0.717) is 0 Å². The molecule has 2 aromatic rings. The summed E-state index contributed by atoms with van der Waals surface area (Å²) in [6, 6.07) is 19.6. The predicted molar refractivity (Wildman–Crippen MR) is 131 cm³/mol. The van der Waals surface area contributed by atoms with Gasteiger partial charge in [0.05, 0.1) is 0 Å². The molecule has 1 aliphatic carbocycles. The van der Waals surface area contributed by atoms with E-state index in [-0.39, 0.29) is 52.4 Å². The maximum atomic E-state index is 8.19. The molecule has 2 atom stereocenters. The van der Waals surface area contributed by atoms with Gasteiger partial charge in [-0.3, -0.25) is 0 Å². The van der Waals surface area contributed by atoms with Crippen LogP contribution >= 0.6 is 0 Å².